The largest absolute Gasteiger partial charge is 0.354 e. The van der Waals surface area contributed by atoms with Crippen molar-refractivity contribution in [2.45, 2.75) is 33.1 Å². The summed E-state index contributed by atoms with van der Waals surface area (Å²) in [6.07, 6.45) is 1.38. The number of nitrogens with one attached hydrogen (secondary N) is 1. The van der Waals surface area contributed by atoms with E-state index in [9.17, 15) is 9.18 Å². The number of halogens is 1. The van der Waals surface area contributed by atoms with Crippen molar-refractivity contribution in [3.05, 3.63) is 35.6 Å². The van der Waals surface area contributed by atoms with Gasteiger partial charge in [-0.2, -0.15) is 5.26 Å². The molecule has 19 heavy (non-hydrogen) atoms. The van der Waals surface area contributed by atoms with Crippen LogP contribution >= 0.6 is 0 Å². The second-order valence-corrected chi connectivity index (χ2v) is 4.50. The molecule has 0 saturated heterocycles. The van der Waals surface area contributed by atoms with Gasteiger partial charge in [-0.15, -0.1) is 0 Å². The minimum absolute atomic E-state index is 0.267. The van der Waals surface area contributed by atoms with Crippen LogP contribution < -0.4 is 5.32 Å². The lowest BCUT2D eigenvalue weighted by atomic mass is 9.83. The van der Waals surface area contributed by atoms with Gasteiger partial charge in [0.05, 0.1) is 6.07 Å². The predicted octanol–water partition coefficient (Wildman–Crippen LogP) is 2.81. The molecule has 3 nitrogen and oxygen atoms in total. The molecule has 1 amide bonds. The van der Waals surface area contributed by atoms with Gasteiger partial charge in [-0.25, -0.2) is 4.39 Å². The van der Waals surface area contributed by atoms with Gasteiger partial charge in [0.1, 0.15) is 11.2 Å². The highest BCUT2D eigenvalue weighted by molar-refractivity contribution is 5.85. The van der Waals surface area contributed by atoms with Crippen LogP contribution in [0.3, 0.4) is 0 Å². The van der Waals surface area contributed by atoms with E-state index in [0.29, 0.717) is 31.4 Å². The summed E-state index contributed by atoms with van der Waals surface area (Å²) in [7, 11) is 0. The number of amides is 1. The lowest BCUT2D eigenvalue weighted by Crippen LogP contribution is -2.40. The van der Waals surface area contributed by atoms with E-state index in [0.717, 1.165) is 0 Å². The Morgan fingerprint density at radius 2 is 2.00 bits per heavy atom. The zero-order chi connectivity index (χ0) is 14.3. The minimum Gasteiger partial charge on any atom is -0.354 e. The Labute approximate surface area is 113 Å². The summed E-state index contributed by atoms with van der Waals surface area (Å²) in [5.74, 6) is -0.536. The van der Waals surface area contributed by atoms with Gasteiger partial charge < -0.3 is 5.32 Å². The smallest absolute Gasteiger partial charge is 0.240 e. The molecule has 0 aliphatic carbocycles. The molecule has 0 aliphatic heterocycles. The van der Waals surface area contributed by atoms with Gasteiger partial charge in [0.15, 0.2) is 0 Å². The quantitative estimate of drug-likeness (QED) is 0.857. The van der Waals surface area contributed by atoms with Crippen molar-refractivity contribution in [1.82, 2.24) is 5.32 Å². The molecule has 1 aromatic rings. The van der Waals surface area contributed by atoms with Crippen molar-refractivity contribution >= 4 is 5.91 Å². The van der Waals surface area contributed by atoms with E-state index in [1.807, 2.05) is 13.8 Å². The van der Waals surface area contributed by atoms with Crippen molar-refractivity contribution in [3.63, 3.8) is 0 Å². The lowest BCUT2D eigenvalue weighted by molar-refractivity contribution is -0.128. The van der Waals surface area contributed by atoms with Gasteiger partial charge in [-0.05, 0) is 30.9 Å². The first-order valence-electron chi connectivity index (χ1n) is 6.52. The van der Waals surface area contributed by atoms with Gasteiger partial charge >= 0.3 is 0 Å². The SMILES string of the molecule is CCC(C#N)(CC)C(=O)NCCc1ccccc1F. The van der Waals surface area contributed by atoms with E-state index in [1.54, 1.807) is 18.2 Å². The number of hydrogen-bond acceptors (Lipinski definition) is 2. The average molecular weight is 262 g/mol. The molecule has 1 aromatic carbocycles. The highest BCUT2D eigenvalue weighted by atomic mass is 19.1. The molecule has 0 heterocycles. The molecule has 0 aromatic heterocycles. The van der Waals surface area contributed by atoms with Crippen molar-refractivity contribution in [2.75, 3.05) is 6.54 Å². The molecule has 0 saturated carbocycles. The summed E-state index contributed by atoms with van der Waals surface area (Å²) >= 11 is 0. The van der Waals surface area contributed by atoms with E-state index in [2.05, 4.69) is 11.4 Å². The minimum atomic E-state index is -0.963. The number of carbonyl (C=O) groups is 1. The van der Waals surface area contributed by atoms with Gasteiger partial charge in [-0.3, -0.25) is 4.79 Å². The Morgan fingerprint density at radius 3 is 2.53 bits per heavy atom. The summed E-state index contributed by atoms with van der Waals surface area (Å²) in [5.41, 5.74) is -0.395. The summed E-state index contributed by atoms with van der Waals surface area (Å²) in [4.78, 5) is 12.0. The molecular formula is C15H19FN2O. The summed E-state index contributed by atoms with van der Waals surface area (Å²) < 4.78 is 13.4. The number of nitriles is 1. The van der Waals surface area contributed by atoms with E-state index in [1.165, 1.54) is 6.07 Å². The van der Waals surface area contributed by atoms with E-state index in [-0.39, 0.29) is 11.7 Å². The third kappa shape index (κ3) is 3.54. The number of nitrogens with zero attached hydrogens (tertiary/aromatic N) is 1. The molecule has 0 spiro atoms. The standard InChI is InChI=1S/C15H19FN2O/c1-3-15(4-2,11-17)14(19)18-10-9-12-7-5-6-8-13(12)16/h5-8H,3-4,9-10H2,1-2H3,(H,18,19). The molecule has 0 bridgehead atoms. The van der Waals surface area contributed by atoms with Crippen LogP contribution in [-0.2, 0) is 11.2 Å². The fraction of sp³-hybridized carbons (Fsp3) is 0.467. The molecule has 0 radical (unpaired) electrons. The molecule has 0 fully saturated rings. The molecule has 1 N–H and O–H groups in total. The lowest BCUT2D eigenvalue weighted by Gasteiger charge is -2.22. The van der Waals surface area contributed by atoms with Gasteiger partial charge in [-0.1, -0.05) is 32.0 Å². The van der Waals surface area contributed by atoms with Crippen LogP contribution in [0.15, 0.2) is 24.3 Å². The molecule has 0 unspecified atom stereocenters. The fourth-order valence-corrected chi connectivity index (χ4v) is 1.96. The second-order valence-electron chi connectivity index (χ2n) is 4.50. The zero-order valence-electron chi connectivity index (χ0n) is 11.4. The highest BCUT2D eigenvalue weighted by Gasteiger charge is 2.34. The van der Waals surface area contributed by atoms with Gasteiger partial charge in [0.2, 0.25) is 5.91 Å². The normalized spacial score (nSPS) is 10.8. The maximum absolute atomic E-state index is 13.4. The number of hydrogen-bond donors (Lipinski definition) is 1. The van der Waals surface area contributed by atoms with E-state index in [4.69, 9.17) is 5.26 Å². The van der Waals surface area contributed by atoms with E-state index < -0.39 is 5.41 Å². The Hall–Kier alpha value is -1.89. The molecule has 4 heteroatoms. The Kier molecular flexibility index (Phi) is 5.50. The van der Waals surface area contributed by atoms with Crippen LogP contribution in [0.4, 0.5) is 4.39 Å². The third-order valence-corrected chi connectivity index (χ3v) is 3.49. The topological polar surface area (TPSA) is 52.9 Å². The number of carbonyl (C=O) groups excluding carboxylic acids is 1. The highest BCUT2D eigenvalue weighted by Crippen LogP contribution is 2.25. The van der Waals surface area contributed by atoms with E-state index >= 15 is 0 Å². The molecule has 1 rings (SSSR count). The summed E-state index contributed by atoms with van der Waals surface area (Å²) in [6.45, 7) is 3.98. The van der Waals surface area contributed by atoms with Crippen molar-refractivity contribution < 1.29 is 9.18 Å². The van der Waals surface area contributed by atoms with Gasteiger partial charge in [0, 0.05) is 6.54 Å². The molecule has 102 valence electrons. The third-order valence-electron chi connectivity index (χ3n) is 3.49. The van der Waals surface area contributed by atoms with Crippen LogP contribution in [0.1, 0.15) is 32.3 Å². The Morgan fingerprint density at radius 1 is 1.37 bits per heavy atom. The molecular weight excluding hydrogens is 243 g/mol. The maximum atomic E-state index is 13.4. The van der Waals surface area contributed by atoms with Crippen LogP contribution in [-0.4, -0.2) is 12.5 Å². The monoisotopic (exact) mass is 262 g/mol. The van der Waals surface area contributed by atoms with Gasteiger partial charge in [0.25, 0.3) is 0 Å². The summed E-state index contributed by atoms with van der Waals surface area (Å²) in [5, 5.41) is 11.9. The molecule has 0 aliphatic rings. The van der Waals surface area contributed by atoms with Crippen LogP contribution in [0.25, 0.3) is 0 Å². The van der Waals surface area contributed by atoms with Crippen molar-refractivity contribution in [1.29, 1.82) is 5.26 Å². The fourth-order valence-electron chi connectivity index (χ4n) is 1.96. The van der Waals surface area contributed by atoms with Crippen LogP contribution in [0.2, 0.25) is 0 Å². The maximum Gasteiger partial charge on any atom is 0.240 e. The second kappa shape index (κ2) is 6.89. The van der Waals surface area contributed by atoms with Crippen molar-refractivity contribution in [2.24, 2.45) is 5.41 Å². The Balaban J connectivity index is 2.56. The zero-order valence-corrected chi connectivity index (χ0v) is 11.4. The molecule has 0 atom stereocenters. The number of benzene rings is 1. The number of rotatable bonds is 6. The average Bonchev–Trinajstić information content (AvgIpc) is 2.43. The predicted molar refractivity (Wildman–Crippen MR) is 71.7 cm³/mol. The first-order valence-corrected chi connectivity index (χ1v) is 6.52. The first kappa shape index (κ1) is 15.2. The summed E-state index contributed by atoms with van der Waals surface area (Å²) in [6, 6.07) is 8.57. The van der Waals surface area contributed by atoms with Crippen molar-refractivity contribution in [3.8, 4) is 6.07 Å². The first-order chi connectivity index (χ1) is 9.09. The van der Waals surface area contributed by atoms with Crippen LogP contribution in [0, 0.1) is 22.6 Å². The van der Waals surface area contributed by atoms with Crippen LogP contribution in [0.5, 0.6) is 0 Å². The Bertz CT molecular complexity index is 475.